The minimum Gasteiger partial charge on any atom is -0.325 e. The number of benzene rings is 2. The smallest absolute Gasteiger partial charge is 0.245 e. The average Bonchev–Trinajstić information content (AvgIpc) is 2.52. The molecule has 6 heteroatoms. The zero-order valence-corrected chi connectivity index (χ0v) is 17.6. The van der Waals surface area contributed by atoms with Gasteiger partial charge in [-0.15, -0.1) is 0 Å². The maximum Gasteiger partial charge on any atom is 0.245 e. The number of carbonyl (C=O) groups is 1. The zero-order chi connectivity index (χ0) is 20.4. The van der Waals surface area contributed by atoms with Crippen molar-refractivity contribution in [2.75, 3.05) is 22.4 Å². The second-order valence-corrected chi connectivity index (χ2v) is 9.79. The standard InChI is InChI=1S/C21H28N2O3S/c1-15-8-7-9-16(2)20(15)23(27(6,25)26)14-19(24)22-18-12-10-17(11-13-18)21(3,4)5/h7-13H,14H2,1-6H3,(H,22,24). The summed E-state index contributed by atoms with van der Waals surface area (Å²) in [4.78, 5) is 12.5. The van der Waals surface area contributed by atoms with Crippen molar-refractivity contribution < 1.29 is 13.2 Å². The molecule has 0 fully saturated rings. The van der Waals surface area contributed by atoms with E-state index < -0.39 is 10.0 Å². The lowest BCUT2D eigenvalue weighted by Gasteiger charge is -2.25. The fourth-order valence-electron chi connectivity index (χ4n) is 2.95. The summed E-state index contributed by atoms with van der Waals surface area (Å²) in [5.41, 5.74) is 4.00. The topological polar surface area (TPSA) is 66.5 Å². The van der Waals surface area contributed by atoms with Gasteiger partial charge in [-0.1, -0.05) is 51.1 Å². The molecule has 0 spiro atoms. The van der Waals surface area contributed by atoms with E-state index in [2.05, 4.69) is 26.1 Å². The SMILES string of the molecule is Cc1cccc(C)c1N(CC(=O)Nc1ccc(C(C)(C)C)cc1)S(C)(=O)=O. The van der Waals surface area contributed by atoms with E-state index in [9.17, 15) is 13.2 Å². The molecule has 0 aliphatic carbocycles. The molecule has 1 amide bonds. The van der Waals surface area contributed by atoms with Crippen LogP contribution in [-0.2, 0) is 20.2 Å². The number of para-hydroxylation sites is 1. The Labute approximate surface area is 162 Å². The van der Waals surface area contributed by atoms with E-state index in [-0.39, 0.29) is 17.9 Å². The first kappa shape index (κ1) is 21.0. The molecule has 5 nitrogen and oxygen atoms in total. The molecule has 2 aromatic carbocycles. The van der Waals surface area contributed by atoms with Crippen LogP contribution in [0.1, 0.15) is 37.5 Å². The van der Waals surface area contributed by atoms with Crippen LogP contribution in [0.2, 0.25) is 0 Å². The van der Waals surface area contributed by atoms with Crippen molar-refractivity contribution in [2.24, 2.45) is 0 Å². The molecule has 0 aliphatic rings. The second kappa shape index (κ2) is 7.72. The van der Waals surface area contributed by atoms with Crippen molar-refractivity contribution in [2.45, 2.75) is 40.0 Å². The van der Waals surface area contributed by atoms with Crippen LogP contribution >= 0.6 is 0 Å². The third-order valence-corrected chi connectivity index (χ3v) is 5.52. The molecule has 0 atom stereocenters. The lowest BCUT2D eigenvalue weighted by molar-refractivity contribution is -0.114. The summed E-state index contributed by atoms with van der Waals surface area (Å²) in [5, 5.41) is 2.79. The monoisotopic (exact) mass is 388 g/mol. The predicted molar refractivity (Wildman–Crippen MR) is 112 cm³/mol. The van der Waals surface area contributed by atoms with E-state index in [4.69, 9.17) is 0 Å². The number of nitrogens with one attached hydrogen (secondary N) is 1. The minimum atomic E-state index is -3.60. The molecule has 0 aromatic heterocycles. The van der Waals surface area contributed by atoms with E-state index in [1.165, 1.54) is 0 Å². The number of hydrogen-bond acceptors (Lipinski definition) is 3. The van der Waals surface area contributed by atoms with Gasteiger partial charge in [0, 0.05) is 5.69 Å². The Hall–Kier alpha value is -2.34. The lowest BCUT2D eigenvalue weighted by atomic mass is 9.87. The van der Waals surface area contributed by atoms with Crippen molar-refractivity contribution in [3.8, 4) is 0 Å². The Kier molecular flexibility index (Phi) is 6.00. The van der Waals surface area contributed by atoms with Crippen molar-refractivity contribution in [1.82, 2.24) is 0 Å². The highest BCUT2D eigenvalue weighted by atomic mass is 32.2. The zero-order valence-electron chi connectivity index (χ0n) is 16.8. The summed E-state index contributed by atoms with van der Waals surface area (Å²) in [5.74, 6) is -0.383. The van der Waals surface area contributed by atoms with Gasteiger partial charge in [0.1, 0.15) is 6.54 Å². The predicted octanol–water partition coefficient (Wildman–Crippen LogP) is 4.01. The Balaban J connectivity index is 2.23. The molecule has 27 heavy (non-hydrogen) atoms. The van der Waals surface area contributed by atoms with Crippen LogP contribution in [0.5, 0.6) is 0 Å². The summed E-state index contributed by atoms with van der Waals surface area (Å²) >= 11 is 0. The summed E-state index contributed by atoms with van der Waals surface area (Å²) in [6.45, 7) is 9.76. The number of amides is 1. The molecule has 146 valence electrons. The Morgan fingerprint density at radius 3 is 1.96 bits per heavy atom. The van der Waals surface area contributed by atoms with Crippen molar-refractivity contribution >= 4 is 27.3 Å². The first-order chi connectivity index (χ1) is 12.4. The maximum absolute atomic E-state index is 12.5. The van der Waals surface area contributed by atoms with Crippen LogP contribution in [-0.4, -0.2) is 27.1 Å². The maximum atomic E-state index is 12.5. The van der Waals surface area contributed by atoms with Crippen LogP contribution in [0.3, 0.4) is 0 Å². The van der Waals surface area contributed by atoms with Crippen LogP contribution in [0, 0.1) is 13.8 Å². The Morgan fingerprint density at radius 2 is 1.52 bits per heavy atom. The number of hydrogen-bond donors (Lipinski definition) is 1. The molecule has 1 N–H and O–H groups in total. The van der Waals surface area contributed by atoms with Crippen LogP contribution in [0.15, 0.2) is 42.5 Å². The summed E-state index contributed by atoms with van der Waals surface area (Å²) in [6, 6.07) is 13.1. The van der Waals surface area contributed by atoms with E-state index in [1.807, 2.05) is 56.3 Å². The van der Waals surface area contributed by atoms with Crippen molar-refractivity contribution in [3.05, 3.63) is 59.2 Å². The third kappa shape index (κ3) is 5.32. The molecule has 0 aliphatic heterocycles. The molecule has 0 bridgehead atoms. The third-order valence-electron chi connectivity index (χ3n) is 4.41. The van der Waals surface area contributed by atoms with Gasteiger partial charge in [0.25, 0.3) is 0 Å². The van der Waals surface area contributed by atoms with Gasteiger partial charge in [-0.25, -0.2) is 8.42 Å². The number of rotatable bonds is 5. The van der Waals surface area contributed by atoms with Gasteiger partial charge < -0.3 is 5.32 Å². The molecule has 0 heterocycles. The van der Waals surface area contributed by atoms with Gasteiger partial charge in [0.2, 0.25) is 15.9 Å². The van der Waals surface area contributed by atoms with Gasteiger partial charge >= 0.3 is 0 Å². The number of sulfonamides is 1. The van der Waals surface area contributed by atoms with E-state index in [1.54, 1.807) is 0 Å². The van der Waals surface area contributed by atoms with Gasteiger partial charge in [-0.05, 0) is 48.1 Å². The normalized spacial score (nSPS) is 11.9. The second-order valence-electron chi connectivity index (χ2n) is 7.89. The molecule has 2 rings (SSSR count). The van der Waals surface area contributed by atoms with Gasteiger partial charge in [-0.3, -0.25) is 9.10 Å². The molecular weight excluding hydrogens is 360 g/mol. The number of aryl methyl sites for hydroxylation is 2. The highest BCUT2D eigenvalue weighted by molar-refractivity contribution is 7.92. The average molecular weight is 389 g/mol. The van der Waals surface area contributed by atoms with Crippen LogP contribution < -0.4 is 9.62 Å². The Morgan fingerprint density at radius 1 is 1.00 bits per heavy atom. The molecule has 0 unspecified atom stereocenters. The first-order valence-corrected chi connectivity index (χ1v) is 10.7. The molecule has 0 saturated carbocycles. The van der Waals surface area contributed by atoms with Crippen LogP contribution in [0.4, 0.5) is 11.4 Å². The fraction of sp³-hybridized carbons (Fsp3) is 0.381. The largest absolute Gasteiger partial charge is 0.325 e. The van der Waals surface area contributed by atoms with Gasteiger partial charge in [0.05, 0.1) is 11.9 Å². The molecular formula is C21H28N2O3S. The summed E-state index contributed by atoms with van der Waals surface area (Å²) in [7, 11) is -3.60. The number of anilines is 2. The van der Waals surface area contributed by atoms with Gasteiger partial charge in [-0.2, -0.15) is 0 Å². The van der Waals surface area contributed by atoms with Crippen molar-refractivity contribution in [3.63, 3.8) is 0 Å². The number of nitrogens with zero attached hydrogens (tertiary/aromatic N) is 1. The van der Waals surface area contributed by atoms with E-state index in [0.29, 0.717) is 11.4 Å². The van der Waals surface area contributed by atoms with E-state index >= 15 is 0 Å². The lowest BCUT2D eigenvalue weighted by Crippen LogP contribution is -2.38. The van der Waals surface area contributed by atoms with Crippen LogP contribution in [0.25, 0.3) is 0 Å². The highest BCUT2D eigenvalue weighted by Crippen LogP contribution is 2.27. The van der Waals surface area contributed by atoms with Gasteiger partial charge in [0.15, 0.2) is 0 Å². The minimum absolute atomic E-state index is 0.0258. The Bertz CT molecular complexity index is 907. The molecule has 2 aromatic rings. The fourth-order valence-corrected chi connectivity index (χ4v) is 3.92. The van der Waals surface area contributed by atoms with E-state index in [0.717, 1.165) is 27.3 Å². The highest BCUT2D eigenvalue weighted by Gasteiger charge is 2.24. The summed E-state index contributed by atoms with van der Waals surface area (Å²) < 4.78 is 25.8. The quantitative estimate of drug-likeness (QED) is 0.842. The van der Waals surface area contributed by atoms with Crippen molar-refractivity contribution in [1.29, 1.82) is 0 Å². The summed E-state index contributed by atoms with van der Waals surface area (Å²) in [6.07, 6.45) is 1.12. The first-order valence-electron chi connectivity index (χ1n) is 8.84. The molecule has 0 radical (unpaired) electrons. The number of carbonyl (C=O) groups excluding carboxylic acids is 1. The molecule has 0 saturated heterocycles.